The number of rotatable bonds is 7. The number of nitrogens with zero attached hydrogens (tertiary/aromatic N) is 5. The summed E-state index contributed by atoms with van der Waals surface area (Å²) in [7, 11) is 0. The topological polar surface area (TPSA) is 110 Å². The molecule has 2 aromatic heterocycles. The van der Waals surface area contributed by atoms with E-state index < -0.39 is 35.8 Å². The third-order valence-corrected chi connectivity index (χ3v) is 6.58. The second-order valence-corrected chi connectivity index (χ2v) is 10.2. The van der Waals surface area contributed by atoms with Gasteiger partial charge in [0.25, 0.3) is 11.5 Å². The van der Waals surface area contributed by atoms with Gasteiger partial charge in [-0.3, -0.25) is 19.3 Å². The van der Waals surface area contributed by atoms with E-state index in [4.69, 9.17) is 4.74 Å². The van der Waals surface area contributed by atoms with E-state index in [0.717, 1.165) is 6.20 Å². The third-order valence-electron chi connectivity index (χ3n) is 6.58. The molecule has 0 spiro atoms. The number of ether oxygens (including phenoxy) is 1. The second kappa shape index (κ2) is 11.6. The maximum absolute atomic E-state index is 13.2. The van der Waals surface area contributed by atoms with Gasteiger partial charge in [-0.2, -0.15) is 13.2 Å². The highest BCUT2D eigenvalue weighted by molar-refractivity contribution is 5.94. The molecule has 41 heavy (non-hydrogen) atoms. The van der Waals surface area contributed by atoms with Crippen LogP contribution in [-0.2, 0) is 11.3 Å². The SMILES string of the molecule is C[C@@H](C(=O)Nc1ccc(Oc2ccc(F)cc2)cn1)N1CCN(C(=O)c2cn(CC(F)(F)F)c(=O)cn2)C(C)(C)C1. The van der Waals surface area contributed by atoms with Crippen molar-refractivity contribution in [1.82, 2.24) is 24.3 Å². The van der Waals surface area contributed by atoms with Crippen LogP contribution in [-0.4, -0.2) is 73.5 Å². The Morgan fingerprint density at radius 1 is 1.05 bits per heavy atom. The molecule has 3 heterocycles. The number of benzene rings is 1. The molecule has 3 aromatic rings. The summed E-state index contributed by atoms with van der Waals surface area (Å²) in [6, 6.07) is 8.06. The standard InChI is InChI=1S/C27H28F4N6O4/c1-17(24(39)34-22-9-8-20(12-33-22)41-19-6-4-18(28)5-7-19)35-10-11-37(26(2,3)15-35)25(40)21-14-36(16-27(29,30)31)23(38)13-32-21/h4-9,12-14,17H,10-11,15-16H2,1-3H3,(H,33,34,39)/t17-/m0/s1. The number of halogens is 4. The van der Waals surface area contributed by atoms with Crippen molar-refractivity contribution in [3.8, 4) is 11.5 Å². The number of amides is 2. The van der Waals surface area contributed by atoms with Crippen LogP contribution in [0.2, 0.25) is 0 Å². The lowest BCUT2D eigenvalue weighted by molar-refractivity contribution is -0.141. The molecule has 0 radical (unpaired) electrons. The van der Waals surface area contributed by atoms with Gasteiger partial charge >= 0.3 is 6.18 Å². The smallest absolute Gasteiger partial charge is 0.406 e. The van der Waals surface area contributed by atoms with E-state index in [-0.39, 0.29) is 30.5 Å². The summed E-state index contributed by atoms with van der Waals surface area (Å²) < 4.78 is 57.6. The van der Waals surface area contributed by atoms with Gasteiger partial charge in [-0.15, -0.1) is 0 Å². The molecule has 4 rings (SSSR count). The number of nitrogens with one attached hydrogen (secondary N) is 1. The van der Waals surface area contributed by atoms with Crippen LogP contribution in [0.1, 0.15) is 31.3 Å². The fourth-order valence-corrected chi connectivity index (χ4v) is 4.46. The number of carbonyl (C=O) groups is 2. The van der Waals surface area contributed by atoms with E-state index >= 15 is 0 Å². The summed E-state index contributed by atoms with van der Waals surface area (Å²) in [5.41, 5.74) is -2.06. The van der Waals surface area contributed by atoms with E-state index in [2.05, 4.69) is 15.3 Å². The fraction of sp³-hybridized carbons (Fsp3) is 0.370. The average Bonchev–Trinajstić information content (AvgIpc) is 2.90. The number of hydrogen-bond acceptors (Lipinski definition) is 7. The minimum Gasteiger partial charge on any atom is -0.456 e. The van der Waals surface area contributed by atoms with Crippen molar-refractivity contribution in [2.24, 2.45) is 0 Å². The molecule has 1 fully saturated rings. The van der Waals surface area contributed by atoms with Gasteiger partial charge in [0.1, 0.15) is 35.4 Å². The molecule has 1 saturated heterocycles. The maximum Gasteiger partial charge on any atom is 0.406 e. The number of anilines is 1. The molecule has 10 nitrogen and oxygen atoms in total. The van der Waals surface area contributed by atoms with E-state index in [0.29, 0.717) is 34.6 Å². The first-order valence-electron chi connectivity index (χ1n) is 12.6. The lowest BCUT2D eigenvalue weighted by Gasteiger charge is -2.48. The van der Waals surface area contributed by atoms with Crippen molar-refractivity contribution in [2.75, 3.05) is 25.0 Å². The molecule has 0 aliphatic carbocycles. The van der Waals surface area contributed by atoms with Crippen molar-refractivity contribution >= 4 is 17.6 Å². The Labute approximate surface area is 232 Å². The van der Waals surface area contributed by atoms with Gasteiger partial charge in [0.2, 0.25) is 5.91 Å². The minimum absolute atomic E-state index is 0.178. The summed E-state index contributed by atoms with van der Waals surface area (Å²) in [4.78, 5) is 49.3. The molecule has 1 aliphatic heterocycles. The van der Waals surface area contributed by atoms with Crippen LogP contribution in [0.5, 0.6) is 11.5 Å². The number of hydrogen-bond donors (Lipinski definition) is 1. The average molecular weight is 577 g/mol. The Balaban J connectivity index is 1.36. The highest BCUT2D eigenvalue weighted by Crippen LogP contribution is 2.26. The zero-order valence-corrected chi connectivity index (χ0v) is 22.5. The monoisotopic (exact) mass is 576 g/mol. The summed E-state index contributed by atoms with van der Waals surface area (Å²) in [6.45, 7) is 4.50. The van der Waals surface area contributed by atoms with Gasteiger partial charge in [0.15, 0.2) is 0 Å². The van der Waals surface area contributed by atoms with Crippen LogP contribution in [0.3, 0.4) is 0 Å². The number of alkyl halides is 3. The Kier molecular flexibility index (Phi) is 8.42. The van der Waals surface area contributed by atoms with Crippen molar-refractivity contribution in [1.29, 1.82) is 0 Å². The lowest BCUT2D eigenvalue weighted by atomic mass is 9.97. The van der Waals surface area contributed by atoms with Crippen LogP contribution in [0.15, 0.2) is 59.8 Å². The van der Waals surface area contributed by atoms with Gasteiger partial charge in [-0.05, 0) is 57.2 Å². The van der Waals surface area contributed by atoms with Gasteiger partial charge in [-0.1, -0.05) is 0 Å². The summed E-state index contributed by atoms with van der Waals surface area (Å²) in [6.07, 6.45) is -1.70. The largest absolute Gasteiger partial charge is 0.456 e. The Bertz CT molecular complexity index is 1460. The maximum atomic E-state index is 13.2. The normalized spacial score (nSPS) is 16.2. The molecular formula is C27H28F4N6O4. The van der Waals surface area contributed by atoms with E-state index in [1.54, 1.807) is 32.9 Å². The van der Waals surface area contributed by atoms with Gasteiger partial charge in [0, 0.05) is 25.8 Å². The second-order valence-electron chi connectivity index (χ2n) is 10.2. The molecule has 218 valence electrons. The molecule has 0 saturated carbocycles. The van der Waals surface area contributed by atoms with Crippen LogP contribution < -0.4 is 15.6 Å². The summed E-state index contributed by atoms with van der Waals surface area (Å²) in [5.74, 6) is -0.216. The minimum atomic E-state index is -4.64. The molecular weight excluding hydrogens is 548 g/mol. The van der Waals surface area contributed by atoms with Crippen LogP contribution in [0.25, 0.3) is 0 Å². The first-order chi connectivity index (χ1) is 19.2. The number of carbonyl (C=O) groups excluding carboxylic acids is 2. The molecule has 0 bridgehead atoms. The van der Waals surface area contributed by atoms with Crippen LogP contribution in [0, 0.1) is 5.82 Å². The highest BCUT2D eigenvalue weighted by Gasteiger charge is 2.40. The lowest BCUT2D eigenvalue weighted by Crippen LogP contribution is -2.63. The zero-order valence-electron chi connectivity index (χ0n) is 22.5. The third kappa shape index (κ3) is 7.45. The van der Waals surface area contributed by atoms with E-state index in [9.17, 15) is 31.9 Å². The van der Waals surface area contributed by atoms with Crippen molar-refractivity contribution in [3.05, 3.63) is 76.9 Å². The quantitative estimate of drug-likeness (QED) is 0.428. The Morgan fingerprint density at radius 3 is 2.34 bits per heavy atom. The molecule has 14 heteroatoms. The Hall–Kier alpha value is -4.33. The van der Waals surface area contributed by atoms with Crippen molar-refractivity contribution in [3.63, 3.8) is 0 Å². The van der Waals surface area contributed by atoms with Gasteiger partial charge < -0.3 is 19.5 Å². The molecule has 1 N–H and O–H groups in total. The molecule has 2 amide bonds. The van der Waals surface area contributed by atoms with Gasteiger partial charge in [0.05, 0.1) is 24.0 Å². The first kappa shape index (κ1) is 29.6. The molecule has 0 unspecified atom stereocenters. The van der Waals surface area contributed by atoms with Crippen LogP contribution in [0.4, 0.5) is 23.4 Å². The number of pyridine rings is 1. The van der Waals surface area contributed by atoms with Crippen molar-refractivity contribution < 1.29 is 31.9 Å². The molecule has 1 aliphatic rings. The highest BCUT2D eigenvalue weighted by atomic mass is 19.4. The molecule has 1 atom stereocenters. The van der Waals surface area contributed by atoms with E-state index in [1.165, 1.54) is 35.4 Å². The van der Waals surface area contributed by atoms with Gasteiger partial charge in [-0.25, -0.2) is 14.4 Å². The summed E-state index contributed by atoms with van der Waals surface area (Å²) >= 11 is 0. The predicted octanol–water partition coefficient (Wildman–Crippen LogP) is 3.70. The number of aromatic nitrogens is 3. The first-order valence-corrected chi connectivity index (χ1v) is 12.6. The molecule has 1 aromatic carbocycles. The Morgan fingerprint density at radius 2 is 1.73 bits per heavy atom. The zero-order chi connectivity index (χ0) is 29.9. The van der Waals surface area contributed by atoms with Crippen molar-refractivity contribution in [2.45, 2.75) is 45.1 Å². The number of piperazine rings is 1. The summed E-state index contributed by atoms with van der Waals surface area (Å²) in [5, 5.41) is 2.74. The van der Waals surface area contributed by atoms with E-state index in [1.807, 2.05) is 4.90 Å². The van der Waals surface area contributed by atoms with Crippen LogP contribution >= 0.6 is 0 Å². The predicted molar refractivity (Wildman–Crippen MR) is 140 cm³/mol. The fourth-order valence-electron chi connectivity index (χ4n) is 4.46.